The van der Waals surface area contributed by atoms with E-state index in [-0.39, 0.29) is 6.61 Å². The van der Waals surface area contributed by atoms with E-state index in [1.54, 1.807) is 0 Å². The molecule has 4 heteroatoms. The lowest BCUT2D eigenvalue weighted by atomic mass is 10.1. The van der Waals surface area contributed by atoms with Crippen LogP contribution in [0, 0.1) is 0 Å². The molecule has 1 atom stereocenters. The van der Waals surface area contributed by atoms with Crippen molar-refractivity contribution in [1.29, 1.82) is 0 Å². The predicted molar refractivity (Wildman–Crippen MR) is 88.1 cm³/mol. The van der Waals surface area contributed by atoms with Crippen LogP contribution in [0.2, 0.25) is 0 Å². The van der Waals surface area contributed by atoms with E-state index in [9.17, 15) is 5.11 Å². The Balaban J connectivity index is 3.34. The molecule has 0 aromatic carbocycles. The van der Waals surface area contributed by atoms with Gasteiger partial charge < -0.3 is 14.9 Å². The van der Waals surface area contributed by atoms with E-state index in [0.29, 0.717) is 19.6 Å². The highest BCUT2D eigenvalue weighted by atomic mass is 16.6. The number of aliphatic hydroxyl groups excluding tert-OH is 1. The number of nitrogens with one attached hydrogen (secondary N) is 1. The van der Waals surface area contributed by atoms with Gasteiger partial charge in [-0.25, -0.2) is 0 Å². The van der Waals surface area contributed by atoms with Gasteiger partial charge in [-0.2, -0.15) is 0 Å². The summed E-state index contributed by atoms with van der Waals surface area (Å²) in [4.78, 5) is 0. The molecule has 0 aromatic rings. The largest absolute Gasteiger partial charge is 0.395 e. The Morgan fingerprint density at radius 1 is 0.857 bits per heavy atom. The van der Waals surface area contributed by atoms with Crippen molar-refractivity contribution in [3.63, 3.8) is 0 Å². The van der Waals surface area contributed by atoms with Crippen molar-refractivity contribution in [2.45, 2.75) is 90.4 Å². The quantitative estimate of drug-likeness (QED) is 0.301. The summed E-state index contributed by atoms with van der Waals surface area (Å²) in [6, 6.07) is 0. The molecule has 0 bridgehead atoms. The maximum Gasteiger partial charge on any atom is 0.224 e. The molecule has 0 saturated heterocycles. The van der Waals surface area contributed by atoms with Gasteiger partial charge in [0.1, 0.15) is 0 Å². The zero-order chi connectivity index (χ0) is 15.8. The number of aliphatic hydroxyl groups is 2. The lowest BCUT2D eigenvalue weighted by Gasteiger charge is -2.27. The third-order valence-electron chi connectivity index (χ3n) is 3.83. The Labute approximate surface area is 131 Å². The fraction of sp³-hybridized carbons (Fsp3) is 1.00. The first-order valence-electron chi connectivity index (χ1n) is 8.90. The molecule has 1 unspecified atom stereocenters. The van der Waals surface area contributed by atoms with Crippen molar-refractivity contribution in [2.24, 2.45) is 0 Å². The zero-order valence-electron chi connectivity index (χ0n) is 14.2. The molecule has 0 aliphatic carbocycles. The second-order valence-electron chi connectivity index (χ2n) is 5.82. The lowest BCUT2D eigenvalue weighted by molar-refractivity contribution is -0.227. The van der Waals surface area contributed by atoms with Crippen LogP contribution in [0.5, 0.6) is 0 Å². The van der Waals surface area contributed by atoms with Gasteiger partial charge in [-0.05, 0) is 6.42 Å². The van der Waals surface area contributed by atoms with Crippen molar-refractivity contribution < 1.29 is 14.9 Å². The van der Waals surface area contributed by atoms with Crippen molar-refractivity contribution in [3.8, 4) is 0 Å². The maximum absolute atomic E-state index is 10.1. The smallest absolute Gasteiger partial charge is 0.224 e. The van der Waals surface area contributed by atoms with Crippen molar-refractivity contribution in [1.82, 2.24) is 5.32 Å². The van der Waals surface area contributed by atoms with Gasteiger partial charge in [0.2, 0.25) is 5.91 Å². The van der Waals surface area contributed by atoms with E-state index in [4.69, 9.17) is 9.84 Å². The van der Waals surface area contributed by atoms with E-state index in [0.717, 1.165) is 12.8 Å². The number of hydrogen-bond acceptors (Lipinski definition) is 4. The van der Waals surface area contributed by atoms with Crippen LogP contribution < -0.4 is 5.32 Å². The second-order valence-corrected chi connectivity index (χ2v) is 5.82. The van der Waals surface area contributed by atoms with Crippen molar-refractivity contribution >= 4 is 0 Å². The molecule has 0 radical (unpaired) electrons. The van der Waals surface area contributed by atoms with Gasteiger partial charge in [0.25, 0.3) is 0 Å². The van der Waals surface area contributed by atoms with Gasteiger partial charge in [0, 0.05) is 13.0 Å². The normalized spacial score (nSPS) is 14.3. The molecule has 0 spiro atoms. The molecule has 4 nitrogen and oxygen atoms in total. The van der Waals surface area contributed by atoms with Crippen molar-refractivity contribution in [3.05, 3.63) is 0 Å². The highest BCUT2D eigenvalue weighted by Crippen LogP contribution is 2.12. The summed E-state index contributed by atoms with van der Waals surface area (Å²) in [6.07, 6.45) is 13.4. The SMILES string of the molecule is CCCCCCCCCCCCOC(O)(CC)NCCO. The third kappa shape index (κ3) is 13.2. The Hall–Kier alpha value is -0.160. The molecule has 21 heavy (non-hydrogen) atoms. The third-order valence-corrected chi connectivity index (χ3v) is 3.83. The number of unbranched alkanes of at least 4 members (excludes halogenated alkanes) is 9. The summed E-state index contributed by atoms with van der Waals surface area (Å²) >= 11 is 0. The summed E-state index contributed by atoms with van der Waals surface area (Å²) in [5.74, 6) is -1.28. The molecular formula is C17H37NO3. The van der Waals surface area contributed by atoms with E-state index in [1.165, 1.54) is 51.4 Å². The summed E-state index contributed by atoms with van der Waals surface area (Å²) in [6.45, 7) is 5.04. The highest BCUT2D eigenvalue weighted by molar-refractivity contribution is 4.61. The topological polar surface area (TPSA) is 61.7 Å². The fourth-order valence-electron chi connectivity index (χ4n) is 2.36. The van der Waals surface area contributed by atoms with Crippen LogP contribution >= 0.6 is 0 Å². The average molecular weight is 303 g/mol. The van der Waals surface area contributed by atoms with Gasteiger partial charge in [0.05, 0.1) is 13.2 Å². The minimum Gasteiger partial charge on any atom is -0.395 e. The van der Waals surface area contributed by atoms with Gasteiger partial charge in [-0.1, -0.05) is 71.6 Å². The fourth-order valence-corrected chi connectivity index (χ4v) is 2.36. The number of ether oxygens (including phenoxy) is 1. The molecular weight excluding hydrogens is 266 g/mol. The monoisotopic (exact) mass is 303 g/mol. The summed E-state index contributed by atoms with van der Waals surface area (Å²) < 4.78 is 5.49. The first-order chi connectivity index (χ1) is 10.2. The van der Waals surface area contributed by atoms with Crippen LogP contribution in [-0.4, -0.2) is 35.9 Å². The average Bonchev–Trinajstić information content (AvgIpc) is 2.50. The molecule has 0 fully saturated rings. The lowest BCUT2D eigenvalue weighted by Crippen LogP contribution is -2.48. The summed E-state index contributed by atoms with van der Waals surface area (Å²) in [5.41, 5.74) is 0. The van der Waals surface area contributed by atoms with Gasteiger partial charge >= 0.3 is 0 Å². The van der Waals surface area contributed by atoms with Crippen LogP contribution in [0.3, 0.4) is 0 Å². The van der Waals surface area contributed by atoms with Crippen LogP contribution in [-0.2, 0) is 4.74 Å². The van der Waals surface area contributed by atoms with Crippen LogP contribution in [0.4, 0.5) is 0 Å². The first kappa shape index (κ1) is 20.8. The molecule has 0 saturated carbocycles. The Morgan fingerprint density at radius 3 is 1.86 bits per heavy atom. The molecule has 0 aromatic heterocycles. The number of rotatable bonds is 16. The molecule has 0 amide bonds. The van der Waals surface area contributed by atoms with E-state index >= 15 is 0 Å². The Bertz CT molecular complexity index is 214. The molecule has 0 aliphatic rings. The summed E-state index contributed by atoms with van der Waals surface area (Å²) in [5, 5.41) is 21.6. The molecule has 0 rings (SSSR count). The maximum atomic E-state index is 10.1. The Morgan fingerprint density at radius 2 is 1.38 bits per heavy atom. The summed E-state index contributed by atoms with van der Waals surface area (Å²) in [7, 11) is 0. The Kier molecular flexibility index (Phi) is 14.7. The standard InChI is InChI=1S/C17H37NO3/c1-3-5-6-7-8-9-10-11-12-13-16-21-17(20,4-2)18-14-15-19/h18-20H,3-16H2,1-2H3. The van der Waals surface area contributed by atoms with Crippen LogP contribution in [0.25, 0.3) is 0 Å². The zero-order valence-corrected chi connectivity index (χ0v) is 14.2. The second kappa shape index (κ2) is 14.8. The first-order valence-corrected chi connectivity index (χ1v) is 8.90. The van der Waals surface area contributed by atoms with E-state index in [1.807, 2.05) is 6.92 Å². The van der Waals surface area contributed by atoms with Crippen LogP contribution in [0.15, 0.2) is 0 Å². The molecule has 3 N–H and O–H groups in total. The van der Waals surface area contributed by atoms with Gasteiger partial charge in [-0.15, -0.1) is 0 Å². The van der Waals surface area contributed by atoms with E-state index in [2.05, 4.69) is 12.2 Å². The predicted octanol–water partition coefficient (Wildman–Crippen LogP) is 3.56. The molecule has 0 heterocycles. The van der Waals surface area contributed by atoms with Gasteiger partial charge in [0.15, 0.2) is 0 Å². The van der Waals surface area contributed by atoms with E-state index < -0.39 is 5.91 Å². The van der Waals surface area contributed by atoms with Gasteiger partial charge in [-0.3, -0.25) is 5.32 Å². The minimum atomic E-state index is -1.28. The highest BCUT2D eigenvalue weighted by Gasteiger charge is 2.23. The minimum absolute atomic E-state index is 0.00389. The molecule has 0 aliphatic heterocycles. The van der Waals surface area contributed by atoms with Crippen molar-refractivity contribution in [2.75, 3.05) is 19.8 Å². The number of hydrogen-bond donors (Lipinski definition) is 3. The molecule has 128 valence electrons. The van der Waals surface area contributed by atoms with Crippen LogP contribution in [0.1, 0.15) is 84.5 Å².